The molecule has 8 heteroatoms. The van der Waals surface area contributed by atoms with Gasteiger partial charge in [-0.05, 0) is 31.2 Å². The van der Waals surface area contributed by atoms with Gasteiger partial charge in [0.25, 0.3) is 5.91 Å². The molecule has 0 atom stereocenters. The highest BCUT2D eigenvalue weighted by atomic mass is 79.9. The van der Waals surface area contributed by atoms with Gasteiger partial charge in [0.1, 0.15) is 5.82 Å². The molecular weight excluding hydrogens is 406 g/mol. The number of amides is 1. The topological polar surface area (TPSA) is 59.8 Å². The van der Waals surface area contributed by atoms with Crippen LogP contribution in [0, 0.1) is 6.92 Å². The third-order valence-corrected chi connectivity index (χ3v) is 4.31. The lowest BCUT2D eigenvalue weighted by atomic mass is 10.1. The summed E-state index contributed by atoms with van der Waals surface area (Å²) < 4.78 is 27.3. The van der Waals surface area contributed by atoms with E-state index in [1.165, 1.54) is 12.4 Å². The van der Waals surface area contributed by atoms with Crippen molar-refractivity contribution in [2.75, 3.05) is 0 Å². The summed E-state index contributed by atoms with van der Waals surface area (Å²) in [5.41, 5.74) is 2.61. The van der Waals surface area contributed by atoms with Crippen molar-refractivity contribution < 1.29 is 13.6 Å². The second-order valence-corrected chi connectivity index (χ2v) is 6.47. The first-order chi connectivity index (χ1) is 12.5. The molecule has 26 heavy (non-hydrogen) atoms. The van der Waals surface area contributed by atoms with Crippen LogP contribution in [0.25, 0.3) is 11.3 Å². The Morgan fingerprint density at radius 2 is 2.12 bits per heavy atom. The number of alkyl halides is 2. The van der Waals surface area contributed by atoms with Crippen LogP contribution in [0.15, 0.2) is 53.3 Å². The summed E-state index contributed by atoms with van der Waals surface area (Å²) in [5, 5.41) is 2.60. The number of aryl methyl sites for hydroxylation is 1. The second-order valence-electron chi connectivity index (χ2n) is 5.55. The minimum atomic E-state index is -2.70. The van der Waals surface area contributed by atoms with Crippen LogP contribution in [-0.2, 0) is 6.54 Å². The van der Waals surface area contributed by atoms with Gasteiger partial charge >= 0.3 is 6.55 Å². The van der Waals surface area contributed by atoms with Crippen molar-refractivity contribution in [3.63, 3.8) is 0 Å². The normalized spacial score (nSPS) is 11.0. The predicted molar refractivity (Wildman–Crippen MR) is 96.8 cm³/mol. The molecule has 0 saturated heterocycles. The Labute approximate surface area is 157 Å². The number of imidazole rings is 1. The predicted octanol–water partition coefficient (Wildman–Crippen LogP) is 4.34. The number of hydrogen-bond acceptors (Lipinski definition) is 3. The van der Waals surface area contributed by atoms with Gasteiger partial charge in [0, 0.05) is 22.4 Å². The standard InChI is InChI=1S/C18H15BrF2N4O/c1-11-14(5-6-15(24-11)12-3-2-4-13(19)9-12)17(26)23-10-16-22-7-8-25(16)18(20)21/h2-9,18H,10H2,1H3,(H,23,26). The molecule has 0 aliphatic carbocycles. The van der Waals surface area contributed by atoms with Gasteiger partial charge in [-0.3, -0.25) is 14.3 Å². The lowest BCUT2D eigenvalue weighted by Crippen LogP contribution is -2.25. The Hall–Kier alpha value is -2.61. The Kier molecular flexibility index (Phi) is 5.41. The lowest BCUT2D eigenvalue weighted by Gasteiger charge is -2.10. The molecule has 0 bridgehead atoms. The number of pyridine rings is 1. The summed E-state index contributed by atoms with van der Waals surface area (Å²) in [4.78, 5) is 20.7. The monoisotopic (exact) mass is 420 g/mol. The number of nitrogens with zero attached hydrogens (tertiary/aromatic N) is 3. The number of benzene rings is 1. The van der Waals surface area contributed by atoms with Crippen LogP contribution in [0.5, 0.6) is 0 Å². The maximum absolute atomic E-state index is 12.8. The number of carbonyl (C=O) groups excluding carboxylic acids is 1. The highest BCUT2D eigenvalue weighted by Crippen LogP contribution is 2.22. The average molecular weight is 421 g/mol. The van der Waals surface area contributed by atoms with Gasteiger partial charge in [-0.15, -0.1) is 0 Å². The molecule has 3 aromatic rings. The molecule has 1 N–H and O–H groups in total. The molecule has 2 heterocycles. The zero-order valence-electron chi connectivity index (χ0n) is 13.8. The van der Waals surface area contributed by atoms with Crippen LogP contribution >= 0.6 is 15.9 Å². The first-order valence-electron chi connectivity index (χ1n) is 7.77. The minimum Gasteiger partial charge on any atom is -0.345 e. The highest BCUT2D eigenvalue weighted by Gasteiger charge is 2.15. The van der Waals surface area contributed by atoms with Crippen LogP contribution in [0.1, 0.15) is 28.4 Å². The van der Waals surface area contributed by atoms with E-state index in [2.05, 4.69) is 31.2 Å². The van der Waals surface area contributed by atoms with Crippen molar-refractivity contribution in [2.45, 2.75) is 20.0 Å². The number of nitrogens with one attached hydrogen (secondary N) is 1. The van der Waals surface area contributed by atoms with Gasteiger partial charge in [-0.2, -0.15) is 8.78 Å². The number of hydrogen-bond donors (Lipinski definition) is 1. The van der Waals surface area contributed by atoms with Crippen molar-refractivity contribution in [1.29, 1.82) is 0 Å². The second kappa shape index (κ2) is 7.74. The van der Waals surface area contributed by atoms with E-state index >= 15 is 0 Å². The van der Waals surface area contributed by atoms with Crippen LogP contribution in [0.2, 0.25) is 0 Å². The largest absolute Gasteiger partial charge is 0.345 e. The van der Waals surface area contributed by atoms with E-state index in [0.717, 1.165) is 15.7 Å². The van der Waals surface area contributed by atoms with Crippen LogP contribution < -0.4 is 5.32 Å². The lowest BCUT2D eigenvalue weighted by molar-refractivity contribution is 0.0660. The number of rotatable bonds is 5. The van der Waals surface area contributed by atoms with Gasteiger partial charge in [-0.1, -0.05) is 28.1 Å². The first kappa shape index (κ1) is 18.2. The number of carbonyl (C=O) groups is 1. The first-order valence-corrected chi connectivity index (χ1v) is 8.56. The third-order valence-electron chi connectivity index (χ3n) is 3.82. The Morgan fingerprint density at radius 3 is 2.81 bits per heavy atom. The quantitative estimate of drug-likeness (QED) is 0.667. The summed E-state index contributed by atoms with van der Waals surface area (Å²) in [6.45, 7) is -1.06. The molecule has 2 aromatic heterocycles. The van der Waals surface area contributed by atoms with Crippen molar-refractivity contribution in [2.24, 2.45) is 0 Å². The summed E-state index contributed by atoms with van der Waals surface area (Å²) in [6, 6.07) is 11.1. The maximum atomic E-state index is 12.8. The van der Waals surface area contributed by atoms with Gasteiger partial charge in [0.15, 0.2) is 0 Å². The molecular formula is C18H15BrF2N4O. The molecule has 3 rings (SSSR count). The highest BCUT2D eigenvalue weighted by molar-refractivity contribution is 9.10. The van der Waals surface area contributed by atoms with Crippen molar-refractivity contribution in [3.05, 3.63) is 70.3 Å². The number of aromatic nitrogens is 3. The zero-order valence-corrected chi connectivity index (χ0v) is 15.4. The molecule has 134 valence electrons. The van der Waals surface area contributed by atoms with Crippen molar-refractivity contribution in [1.82, 2.24) is 19.9 Å². The van der Waals surface area contributed by atoms with E-state index in [-0.39, 0.29) is 18.3 Å². The van der Waals surface area contributed by atoms with Crippen molar-refractivity contribution in [3.8, 4) is 11.3 Å². The summed E-state index contributed by atoms with van der Waals surface area (Å²) in [6.07, 6.45) is 2.44. The van der Waals surface area contributed by atoms with Crippen LogP contribution in [-0.4, -0.2) is 20.4 Å². The molecule has 0 spiro atoms. The smallest absolute Gasteiger partial charge is 0.319 e. The Morgan fingerprint density at radius 1 is 1.31 bits per heavy atom. The number of halogens is 3. The van der Waals surface area contributed by atoms with Gasteiger partial charge in [0.05, 0.1) is 23.5 Å². The summed E-state index contributed by atoms with van der Waals surface area (Å²) in [7, 11) is 0. The summed E-state index contributed by atoms with van der Waals surface area (Å²) in [5.74, 6) is -0.302. The molecule has 1 amide bonds. The van der Waals surface area contributed by atoms with E-state index in [1.54, 1.807) is 19.1 Å². The van der Waals surface area contributed by atoms with E-state index < -0.39 is 6.55 Å². The third kappa shape index (κ3) is 3.96. The fourth-order valence-corrected chi connectivity index (χ4v) is 2.92. The average Bonchev–Trinajstić information content (AvgIpc) is 3.08. The van der Waals surface area contributed by atoms with E-state index in [4.69, 9.17) is 0 Å². The molecule has 5 nitrogen and oxygen atoms in total. The Balaban J connectivity index is 1.75. The minimum absolute atomic E-state index is 0.0877. The Bertz CT molecular complexity index is 942. The fraction of sp³-hybridized carbons (Fsp3) is 0.167. The summed E-state index contributed by atoms with van der Waals surface area (Å²) >= 11 is 3.42. The van der Waals surface area contributed by atoms with E-state index in [1.807, 2.05) is 24.3 Å². The van der Waals surface area contributed by atoms with Gasteiger partial charge in [-0.25, -0.2) is 4.98 Å². The zero-order chi connectivity index (χ0) is 18.7. The van der Waals surface area contributed by atoms with E-state index in [0.29, 0.717) is 15.8 Å². The molecule has 0 fully saturated rings. The van der Waals surface area contributed by atoms with E-state index in [9.17, 15) is 13.6 Å². The van der Waals surface area contributed by atoms with Gasteiger partial charge in [0.2, 0.25) is 0 Å². The molecule has 0 aliphatic heterocycles. The van der Waals surface area contributed by atoms with Crippen LogP contribution in [0.4, 0.5) is 8.78 Å². The van der Waals surface area contributed by atoms with Gasteiger partial charge < -0.3 is 5.32 Å². The van der Waals surface area contributed by atoms with Crippen molar-refractivity contribution >= 4 is 21.8 Å². The SMILES string of the molecule is Cc1nc(-c2cccc(Br)c2)ccc1C(=O)NCc1nccn1C(F)F. The molecule has 0 saturated carbocycles. The molecule has 0 unspecified atom stereocenters. The molecule has 1 aromatic carbocycles. The molecule has 0 aliphatic rings. The molecule has 0 radical (unpaired) electrons. The van der Waals surface area contributed by atoms with Crippen LogP contribution in [0.3, 0.4) is 0 Å². The maximum Gasteiger partial charge on any atom is 0.319 e. The fourth-order valence-electron chi connectivity index (χ4n) is 2.52.